The monoisotopic (exact) mass is 197 g/mol. The van der Waals surface area contributed by atoms with Crippen molar-refractivity contribution in [1.82, 2.24) is 14.8 Å². The maximum Gasteiger partial charge on any atom is 0.224 e. The van der Waals surface area contributed by atoms with Crippen molar-refractivity contribution in [1.29, 1.82) is 0 Å². The van der Waals surface area contributed by atoms with Crippen LogP contribution in [0.1, 0.15) is 19.7 Å². The van der Waals surface area contributed by atoms with Crippen LogP contribution in [0.15, 0.2) is 0 Å². The second-order valence-corrected chi connectivity index (χ2v) is 3.73. The zero-order chi connectivity index (χ0) is 10.6. The van der Waals surface area contributed by atoms with Crippen LogP contribution in [0.2, 0.25) is 0 Å². The minimum atomic E-state index is 0.578. The number of nitrogens with zero attached hydrogens (tertiary/aromatic N) is 3. The van der Waals surface area contributed by atoms with Crippen LogP contribution < -0.4 is 11.1 Å². The minimum absolute atomic E-state index is 0.578. The number of aromatic nitrogens is 3. The van der Waals surface area contributed by atoms with Gasteiger partial charge in [0.15, 0.2) is 0 Å². The lowest BCUT2D eigenvalue weighted by atomic mass is 10.2. The van der Waals surface area contributed by atoms with Gasteiger partial charge in [0.25, 0.3) is 0 Å². The van der Waals surface area contributed by atoms with Crippen molar-refractivity contribution < 1.29 is 0 Å². The summed E-state index contributed by atoms with van der Waals surface area (Å²) in [5, 5.41) is 11.2. The van der Waals surface area contributed by atoms with E-state index in [0.29, 0.717) is 12.5 Å². The fourth-order valence-electron chi connectivity index (χ4n) is 1.39. The van der Waals surface area contributed by atoms with Crippen LogP contribution in [0.5, 0.6) is 0 Å². The second kappa shape index (κ2) is 4.95. The molecule has 1 aromatic rings. The Morgan fingerprint density at radius 1 is 1.43 bits per heavy atom. The summed E-state index contributed by atoms with van der Waals surface area (Å²) in [6.07, 6.45) is 0.779. The van der Waals surface area contributed by atoms with Crippen LogP contribution in [-0.2, 0) is 13.0 Å². The third kappa shape index (κ3) is 2.45. The molecule has 1 heterocycles. The molecule has 0 atom stereocenters. The summed E-state index contributed by atoms with van der Waals surface area (Å²) >= 11 is 0. The first-order chi connectivity index (χ1) is 6.69. The second-order valence-electron chi connectivity index (χ2n) is 3.73. The van der Waals surface area contributed by atoms with E-state index in [2.05, 4.69) is 33.9 Å². The molecule has 0 saturated heterocycles. The van der Waals surface area contributed by atoms with Gasteiger partial charge in [-0.15, -0.1) is 10.2 Å². The quantitative estimate of drug-likeness (QED) is 0.720. The van der Waals surface area contributed by atoms with Crippen LogP contribution in [0, 0.1) is 5.92 Å². The van der Waals surface area contributed by atoms with Crippen LogP contribution >= 0.6 is 0 Å². The van der Waals surface area contributed by atoms with Crippen molar-refractivity contribution in [3.05, 3.63) is 5.82 Å². The van der Waals surface area contributed by atoms with E-state index in [-0.39, 0.29) is 0 Å². The summed E-state index contributed by atoms with van der Waals surface area (Å²) in [6, 6.07) is 0. The molecule has 80 valence electrons. The fourth-order valence-corrected chi connectivity index (χ4v) is 1.39. The van der Waals surface area contributed by atoms with Gasteiger partial charge in [0.05, 0.1) is 0 Å². The summed E-state index contributed by atoms with van der Waals surface area (Å²) in [7, 11) is 1.85. The van der Waals surface area contributed by atoms with Crippen LogP contribution in [0.4, 0.5) is 5.95 Å². The molecule has 1 rings (SSSR count). The molecule has 3 N–H and O–H groups in total. The van der Waals surface area contributed by atoms with Crippen molar-refractivity contribution in [3.63, 3.8) is 0 Å². The number of nitrogens with two attached hydrogens (primary N) is 1. The van der Waals surface area contributed by atoms with E-state index in [1.807, 2.05) is 7.05 Å². The number of hydrogen-bond acceptors (Lipinski definition) is 4. The largest absolute Gasteiger partial charge is 0.357 e. The fraction of sp³-hybridized carbons (Fsp3) is 0.778. The number of hydrogen-bond donors (Lipinski definition) is 2. The molecule has 0 spiro atoms. The van der Waals surface area contributed by atoms with E-state index in [1.54, 1.807) is 0 Å². The van der Waals surface area contributed by atoms with Gasteiger partial charge in [-0.25, -0.2) is 0 Å². The third-order valence-electron chi connectivity index (χ3n) is 1.97. The van der Waals surface area contributed by atoms with E-state index in [4.69, 9.17) is 5.73 Å². The molecular formula is C9H19N5. The molecule has 0 amide bonds. The molecule has 0 fully saturated rings. The number of nitrogens with one attached hydrogen (secondary N) is 1. The van der Waals surface area contributed by atoms with Gasteiger partial charge >= 0.3 is 0 Å². The first-order valence-electron chi connectivity index (χ1n) is 4.99. The molecule has 5 nitrogen and oxygen atoms in total. The van der Waals surface area contributed by atoms with Crippen molar-refractivity contribution in [2.75, 3.05) is 18.9 Å². The maximum absolute atomic E-state index is 5.51. The summed E-state index contributed by atoms with van der Waals surface area (Å²) in [5.41, 5.74) is 5.51. The molecule has 0 aliphatic rings. The highest BCUT2D eigenvalue weighted by atomic mass is 15.3. The van der Waals surface area contributed by atoms with Crippen molar-refractivity contribution in [3.8, 4) is 0 Å². The minimum Gasteiger partial charge on any atom is -0.357 e. The molecule has 0 aromatic carbocycles. The Labute approximate surface area is 84.7 Å². The Balaban J connectivity index is 2.87. The Morgan fingerprint density at radius 3 is 2.64 bits per heavy atom. The van der Waals surface area contributed by atoms with E-state index in [0.717, 1.165) is 24.7 Å². The summed E-state index contributed by atoms with van der Waals surface area (Å²) in [5.74, 6) is 2.36. The maximum atomic E-state index is 5.51. The molecule has 5 heteroatoms. The summed E-state index contributed by atoms with van der Waals surface area (Å²) in [6.45, 7) is 5.88. The number of anilines is 1. The van der Waals surface area contributed by atoms with Crippen LogP contribution in [-0.4, -0.2) is 28.4 Å². The third-order valence-corrected chi connectivity index (χ3v) is 1.97. The van der Waals surface area contributed by atoms with Crippen molar-refractivity contribution in [2.45, 2.75) is 26.8 Å². The predicted molar refractivity (Wildman–Crippen MR) is 57.2 cm³/mol. The Morgan fingerprint density at radius 2 is 2.14 bits per heavy atom. The van der Waals surface area contributed by atoms with E-state index >= 15 is 0 Å². The highest BCUT2D eigenvalue weighted by Crippen LogP contribution is 2.10. The molecule has 0 bridgehead atoms. The van der Waals surface area contributed by atoms with Gasteiger partial charge in [-0.05, 0) is 12.5 Å². The standard InChI is InChI=1S/C9H19N5/c1-7(2)6-14-8(4-5-10)12-13-9(14)11-3/h7H,4-6,10H2,1-3H3,(H,11,13). The van der Waals surface area contributed by atoms with Crippen molar-refractivity contribution >= 4 is 5.95 Å². The Hall–Kier alpha value is -1.10. The van der Waals surface area contributed by atoms with Gasteiger partial charge < -0.3 is 11.1 Å². The average molecular weight is 197 g/mol. The van der Waals surface area contributed by atoms with Crippen molar-refractivity contribution in [2.24, 2.45) is 11.7 Å². The Kier molecular flexibility index (Phi) is 3.88. The highest BCUT2D eigenvalue weighted by molar-refractivity contribution is 5.24. The van der Waals surface area contributed by atoms with Gasteiger partial charge in [0.1, 0.15) is 5.82 Å². The molecule has 14 heavy (non-hydrogen) atoms. The highest BCUT2D eigenvalue weighted by Gasteiger charge is 2.10. The topological polar surface area (TPSA) is 68.8 Å². The van der Waals surface area contributed by atoms with Crippen LogP contribution in [0.3, 0.4) is 0 Å². The lowest BCUT2D eigenvalue weighted by molar-refractivity contribution is 0.510. The summed E-state index contributed by atoms with van der Waals surface area (Å²) < 4.78 is 2.09. The molecular weight excluding hydrogens is 178 g/mol. The first kappa shape index (κ1) is 11.0. The lowest BCUT2D eigenvalue weighted by Crippen LogP contribution is -2.14. The van der Waals surface area contributed by atoms with Gasteiger partial charge in [0, 0.05) is 20.0 Å². The predicted octanol–water partition coefficient (Wildman–Crippen LogP) is 0.477. The first-order valence-corrected chi connectivity index (χ1v) is 4.99. The number of rotatable bonds is 5. The van der Waals surface area contributed by atoms with Gasteiger partial charge in [-0.1, -0.05) is 13.8 Å². The molecule has 0 saturated carbocycles. The van der Waals surface area contributed by atoms with Gasteiger partial charge in [0.2, 0.25) is 5.95 Å². The zero-order valence-electron chi connectivity index (χ0n) is 9.12. The molecule has 0 radical (unpaired) electrons. The zero-order valence-corrected chi connectivity index (χ0v) is 9.12. The van der Waals surface area contributed by atoms with E-state index in [9.17, 15) is 0 Å². The lowest BCUT2D eigenvalue weighted by Gasteiger charge is -2.11. The average Bonchev–Trinajstić information content (AvgIpc) is 2.48. The van der Waals surface area contributed by atoms with Gasteiger partial charge in [-0.2, -0.15) is 0 Å². The molecule has 1 aromatic heterocycles. The smallest absolute Gasteiger partial charge is 0.224 e. The SMILES string of the molecule is CNc1nnc(CCN)n1CC(C)C. The summed E-state index contributed by atoms with van der Waals surface area (Å²) in [4.78, 5) is 0. The van der Waals surface area contributed by atoms with Crippen LogP contribution in [0.25, 0.3) is 0 Å². The normalized spacial score (nSPS) is 10.9. The molecule has 0 aliphatic heterocycles. The van der Waals surface area contributed by atoms with Gasteiger partial charge in [-0.3, -0.25) is 4.57 Å². The van der Waals surface area contributed by atoms with E-state index < -0.39 is 0 Å². The Bertz CT molecular complexity index is 279. The molecule has 0 aliphatic carbocycles. The molecule has 0 unspecified atom stereocenters. The van der Waals surface area contributed by atoms with E-state index in [1.165, 1.54) is 0 Å².